The lowest BCUT2D eigenvalue weighted by Gasteiger charge is -2.21. The second kappa shape index (κ2) is 11.8. The summed E-state index contributed by atoms with van der Waals surface area (Å²) in [6.07, 6.45) is 0.729. The van der Waals surface area contributed by atoms with E-state index in [1.165, 1.54) is 6.33 Å². The van der Waals surface area contributed by atoms with Gasteiger partial charge in [0.25, 0.3) is 12.4 Å². The van der Waals surface area contributed by atoms with Gasteiger partial charge in [0.2, 0.25) is 5.95 Å². The van der Waals surface area contributed by atoms with Crippen molar-refractivity contribution in [1.29, 1.82) is 0 Å². The number of aromatic nitrogens is 3. The van der Waals surface area contributed by atoms with Crippen LogP contribution in [0.5, 0.6) is 0 Å². The summed E-state index contributed by atoms with van der Waals surface area (Å²) in [5.74, 6) is 0.643. The first kappa shape index (κ1) is 22.3. The predicted octanol–water partition coefficient (Wildman–Crippen LogP) is 1.45. The zero-order valence-corrected chi connectivity index (χ0v) is 14.1. The quantitative estimate of drug-likeness (QED) is 0.430. The van der Waals surface area contributed by atoms with Crippen LogP contribution in [0.4, 0.5) is 20.7 Å². The second-order valence-electron chi connectivity index (χ2n) is 4.35. The van der Waals surface area contributed by atoms with Crippen molar-refractivity contribution in [2.45, 2.75) is 33.1 Å². The van der Waals surface area contributed by atoms with E-state index in [1.807, 2.05) is 4.90 Å². The monoisotopic (exact) mass is 373 g/mol. The van der Waals surface area contributed by atoms with Gasteiger partial charge in [-0.1, -0.05) is 13.8 Å². The molecule has 0 aliphatic heterocycles. The van der Waals surface area contributed by atoms with Crippen molar-refractivity contribution in [2.24, 2.45) is 0 Å². The third kappa shape index (κ3) is 12.8. The number of hydrogen-bond acceptors (Lipinski definition) is 8. The number of halogens is 2. The van der Waals surface area contributed by atoms with Crippen molar-refractivity contribution in [3.63, 3.8) is 0 Å². The Labute approximate surface area is 138 Å². The van der Waals surface area contributed by atoms with Crippen LogP contribution in [0.3, 0.4) is 0 Å². The maximum Gasteiger partial charge on any atom is 0.394 e. The molecule has 0 aliphatic rings. The fourth-order valence-electron chi connectivity index (χ4n) is 1.51. The van der Waals surface area contributed by atoms with Gasteiger partial charge in [0.15, 0.2) is 0 Å². The second-order valence-corrected chi connectivity index (χ2v) is 5.24. The smallest absolute Gasteiger partial charge is 0.341 e. The molecule has 0 radical (unpaired) electrons. The van der Waals surface area contributed by atoms with Crippen molar-refractivity contribution in [3.8, 4) is 0 Å². The molecular formula is C11H21F2N5O5S. The van der Waals surface area contributed by atoms with Crippen LogP contribution >= 0.6 is 0 Å². The molecule has 24 heavy (non-hydrogen) atoms. The molecule has 0 unspecified atom stereocenters. The summed E-state index contributed by atoms with van der Waals surface area (Å²) >= 11 is 0. The molecule has 0 atom stereocenters. The van der Waals surface area contributed by atoms with Crippen LogP contribution < -0.4 is 10.4 Å². The van der Waals surface area contributed by atoms with E-state index in [0.717, 1.165) is 25.9 Å². The van der Waals surface area contributed by atoms with Gasteiger partial charge in [0, 0.05) is 13.1 Å². The van der Waals surface area contributed by atoms with Crippen molar-refractivity contribution in [1.82, 2.24) is 15.0 Å². The summed E-state index contributed by atoms with van der Waals surface area (Å²) in [7, 11) is -4.67. The number of alkyl halides is 2. The molecule has 0 spiro atoms. The lowest BCUT2D eigenvalue weighted by molar-refractivity contribution is 0.0404. The summed E-state index contributed by atoms with van der Waals surface area (Å²) in [6, 6.07) is 0. The molecule has 0 bridgehead atoms. The van der Waals surface area contributed by atoms with E-state index in [4.69, 9.17) is 17.5 Å². The van der Waals surface area contributed by atoms with Gasteiger partial charge < -0.3 is 4.90 Å². The van der Waals surface area contributed by atoms with Crippen LogP contribution in [0.2, 0.25) is 0 Å². The number of nitrogens with zero attached hydrogens (tertiary/aromatic N) is 4. The van der Waals surface area contributed by atoms with E-state index < -0.39 is 23.4 Å². The number of nitrogens with one attached hydrogen (secondary N) is 1. The zero-order valence-electron chi connectivity index (χ0n) is 13.3. The highest BCUT2D eigenvalue weighted by molar-refractivity contribution is 7.79. The first-order valence-corrected chi connectivity index (χ1v) is 8.36. The van der Waals surface area contributed by atoms with Gasteiger partial charge in [-0.2, -0.15) is 18.4 Å². The molecule has 0 amide bonds. The SMILES string of the molecule is CCCN(CCC)c1ncnc(NOCC(F)F)n1.O=S(=O)(O)O. The molecule has 0 fully saturated rings. The molecule has 1 heterocycles. The normalized spacial score (nSPS) is 11.0. The third-order valence-electron chi connectivity index (χ3n) is 2.20. The highest BCUT2D eigenvalue weighted by atomic mass is 32.3. The van der Waals surface area contributed by atoms with Crippen molar-refractivity contribution in [3.05, 3.63) is 6.33 Å². The van der Waals surface area contributed by atoms with Crippen LogP contribution in [0.25, 0.3) is 0 Å². The summed E-state index contributed by atoms with van der Waals surface area (Å²) in [5.41, 5.74) is 2.29. The molecule has 0 aliphatic carbocycles. The largest absolute Gasteiger partial charge is 0.394 e. The van der Waals surface area contributed by atoms with E-state index in [0.29, 0.717) is 5.95 Å². The summed E-state index contributed by atoms with van der Waals surface area (Å²) < 4.78 is 55.4. The van der Waals surface area contributed by atoms with Gasteiger partial charge in [0.1, 0.15) is 12.9 Å². The van der Waals surface area contributed by atoms with Crippen LogP contribution in [0.1, 0.15) is 26.7 Å². The summed E-state index contributed by atoms with van der Waals surface area (Å²) in [6.45, 7) is 5.07. The Kier molecular flexibility index (Phi) is 10.9. The van der Waals surface area contributed by atoms with Gasteiger partial charge in [-0.15, -0.1) is 0 Å². The Hall–Kier alpha value is -1.70. The average Bonchev–Trinajstić information content (AvgIpc) is 2.45. The maximum atomic E-state index is 11.9. The van der Waals surface area contributed by atoms with E-state index in [-0.39, 0.29) is 5.95 Å². The van der Waals surface area contributed by atoms with Crippen LogP contribution in [-0.2, 0) is 15.2 Å². The number of hydrogen-bond donors (Lipinski definition) is 3. The molecule has 3 N–H and O–H groups in total. The standard InChI is InChI=1S/C11H19F2N5O.H2O4S/c1-3-5-18(6-4-2)11-15-8-14-10(16-11)17-19-7-9(12)13;1-5(2,3)4/h8-9H,3-7H2,1-2H3,(H,14,15,16,17);(H2,1,2,3,4). The fourth-order valence-corrected chi connectivity index (χ4v) is 1.51. The van der Waals surface area contributed by atoms with Crippen molar-refractivity contribution >= 4 is 22.3 Å². The van der Waals surface area contributed by atoms with Gasteiger partial charge in [-0.05, 0) is 12.8 Å². The fraction of sp³-hybridized carbons (Fsp3) is 0.727. The van der Waals surface area contributed by atoms with Gasteiger partial charge >= 0.3 is 10.4 Å². The van der Waals surface area contributed by atoms with Crippen LogP contribution in [0.15, 0.2) is 6.33 Å². The molecule has 0 aromatic carbocycles. The molecule has 0 saturated carbocycles. The zero-order chi connectivity index (χ0) is 18.6. The minimum atomic E-state index is -4.67. The van der Waals surface area contributed by atoms with Gasteiger partial charge in [0.05, 0.1) is 0 Å². The molecule has 1 rings (SSSR count). The Morgan fingerprint density at radius 1 is 1.25 bits per heavy atom. The van der Waals surface area contributed by atoms with Crippen LogP contribution in [0, 0.1) is 0 Å². The lowest BCUT2D eigenvalue weighted by atomic mass is 10.4. The minimum absolute atomic E-state index is 0.128. The molecular weight excluding hydrogens is 352 g/mol. The first-order chi connectivity index (χ1) is 11.2. The van der Waals surface area contributed by atoms with Crippen molar-refractivity contribution in [2.75, 3.05) is 30.1 Å². The summed E-state index contributed by atoms with van der Waals surface area (Å²) in [4.78, 5) is 18.6. The van der Waals surface area contributed by atoms with Gasteiger partial charge in [-0.3, -0.25) is 13.9 Å². The molecule has 10 nitrogen and oxygen atoms in total. The Bertz CT molecular complexity index is 549. The van der Waals surface area contributed by atoms with Crippen LogP contribution in [-0.4, -0.2) is 58.6 Å². The van der Waals surface area contributed by atoms with E-state index in [1.54, 1.807) is 0 Å². The van der Waals surface area contributed by atoms with Gasteiger partial charge in [-0.25, -0.2) is 19.2 Å². The Morgan fingerprint density at radius 2 is 1.79 bits per heavy atom. The third-order valence-corrected chi connectivity index (χ3v) is 2.20. The van der Waals surface area contributed by atoms with E-state index >= 15 is 0 Å². The Balaban J connectivity index is 0.000000922. The number of anilines is 2. The minimum Gasteiger partial charge on any atom is -0.341 e. The molecule has 0 saturated heterocycles. The highest BCUT2D eigenvalue weighted by Crippen LogP contribution is 2.10. The maximum absolute atomic E-state index is 11.9. The summed E-state index contributed by atoms with van der Waals surface area (Å²) in [5, 5.41) is 0. The molecule has 13 heteroatoms. The first-order valence-electron chi connectivity index (χ1n) is 6.97. The Morgan fingerprint density at radius 3 is 2.25 bits per heavy atom. The average molecular weight is 373 g/mol. The highest BCUT2D eigenvalue weighted by Gasteiger charge is 2.09. The molecule has 1 aromatic heterocycles. The number of rotatable bonds is 9. The molecule has 1 aromatic rings. The topological polar surface area (TPSA) is 138 Å². The van der Waals surface area contributed by atoms with Crippen molar-refractivity contribution < 1.29 is 31.1 Å². The lowest BCUT2D eigenvalue weighted by Crippen LogP contribution is -2.27. The molecule has 140 valence electrons. The predicted molar refractivity (Wildman–Crippen MR) is 82.4 cm³/mol. The van der Waals surface area contributed by atoms with E-state index in [2.05, 4.69) is 39.1 Å². The van der Waals surface area contributed by atoms with E-state index in [9.17, 15) is 8.78 Å².